The fraction of sp³-hybridized carbons (Fsp3) is 0.292. The van der Waals surface area contributed by atoms with Crippen LogP contribution in [0.3, 0.4) is 0 Å². The fourth-order valence-electron chi connectivity index (χ4n) is 3.82. The molecule has 0 radical (unpaired) electrons. The number of fused-ring (bicyclic) bond motifs is 1. The highest BCUT2D eigenvalue weighted by Crippen LogP contribution is 2.22. The number of aryl methyl sites for hydroxylation is 1. The molecule has 1 unspecified atom stereocenters. The van der Waals surface area contributed by atoms with Crippen molar-refractivity contribution in [3.63, 3.8) is 0 Å². The van der Waals surface area contributed by atoms with Crippen molar-refractivity contribution >= 4 is 28.7 Å². The molecule has 31 heavy (non-hydrogen) atoms. The first-order valence-corrected chi connectivity index (χ1v) is 11.8. The Morgan fingerprint density at radius 3 is 2.61 bits per heavy atom. The van der Waals surface area contributed by atoms with Gasteiger partial charge in [0, 0.05) is 5.69 Å². The van der Waals surface area contributed by atoms with Gasteiger partial charge >= 0.3 is 0 Å². The molecule has 2 aromatic carbocycles. The van der Waals surface area contributed by atoms with E-state index in [0.717, 1.165) is 46.0 Å². The molecule has 7 heteroatoms. The van der Waals surface area contributed by atoms with Gasteiger partial charge in [-0.2, -0.15) is 16.9 Å². The van der Waals surface area contributed by atoms with E-state index in [9.17, 15) is 4.79 Å². The third-order valence-corrected chi connectivity index (χ3v) is 6.08. The van der Waals surface area contributed by atoms with E-state index in [1.54, 1.807) is 11.8 Å². The summed E-state index contributed by atoms with van der Waals surface area (Å²) in [7, 11) is 0. The highest BCUT2D eigenvalue weighted by atomic mass is 32.2. The van der Waals surface area contributed by atoms with Crippen molar-refractivity contribution in [2.24, 2.45) is 0 Å². The normalized spacial score (nSPS) is 12.2. The zero-order valence-corrected chi connectivity index (χ0v) is 18.9. The van der Waals surface area contributed by atoms with Crippen molar-refractivity contribution in [3.8, 4) is 0 Å². The van der Waals surface area contributed by atoms with Crippen LogP contribution in [0.5, 0.6) is 0 Å². The molecule has 2 aromatic heterocycles. The van der Waals surface area contributed by atoms with Gasteiger partial charge in [-0.05, 0) is 50.0 Å². The predicted molar refractivity (Wildman–Crippen MR) is 127 cm³/mol. The Kier molecular flexibility index (Phi) is 6.42. The number of hydrogen-bond acceptors (Lipinski definition) is 4. The van der Waals surface area contributed by atoms with Gasteiger partial charge in [0.1, 0.15) is 5.82 Å². The highest BCUT2D eigenvalue weighted by Gasteiger charge is 2.24. The molecule has 2 heterocycles. The van der Waals surface area contributed by atoms with Gasteiger partial charge in [0.15, 0.2) is 0 Å². The Bertz CT molecular complexity index is 1150. The van der Waals surface area contributed by atoms with E-state index in [-0.39, 0.29) is 11.9 Å². The molecule has 4 aromatic rings. The Balaban J connectivity index is 1.58. The van der Waals surface area contributed by atoms with Crippen LogP contribution in [0.1, 0.15) is 45.6 Å². The molecular weight excluding hydrogens is 406 g/mol. The van der Waals surface area contributed by atoms with Crippen molar-refractivity contribution in [3.05, 3.63) is 82.9 Å². The Morgan fingerprint density at radius 1 is 1.13 bits per heavy atom. The quantitative estimate of drug-likeness (QED) is 0.424. The lowest BCUT2D eigenvalue weighted by atomic mass is 10.1. The third-order valence-electron chi connectivity index (χ3n) is 5.44. The minimum Gasteiger partial charge on any atom is -0.342 e. The number of rotatable bonds is 8. The van der Waals surface area contributed by atoms with Gasteiger partial charge in [0.25, 0.3) is 5.91 Å². The van der Waals surface area contributed by atoms with Crippen LogP contribution >= 0.6 is 11.8 Å². The van der Waals surface area contributed by atoms with E-state index in [0.29, 0.717) is 12.1 Å². The van der Waals surface area contributed by atoms with Crippen molar-refractivity contribution in [2.75, 3.05) is 12.0 Å². The second kappa shape index (κ2) is 9.39. The molecule has 6 nitrogen and oxygen atoms in total. The topological polar surface area (TPSA) is 75.6 Å². The molecule has 0 saturated heterocycles. The number of para-hydroxylation sites is 2. The molecule has 4 rings (SSSR count). The summed E-state index contributed by atoms with van der Waals surface area (Å²) in [6, 6.07) is 17.9. The third kappa shape index (κ3) is 4.66. The molecule has 1 atom stereocenters. The average Bonchev–Trinajstić information content (AvgIpc) is 3.32. The number of hydrogen-bond donors (Lipinski definition) is 2. The molecule has 0 aliphatic heterocycles. The first-order chi connectivity index (χ1) is 15.1. The summed E-state index contributed by atoms with van der Waals surface area (Å²) >= 11 is 1.76. The van der Waals surface area contributed by atoms with E-state index in [1.165, 1.54) is 0 Å². The van der Waals surface area contributed by atoms with Crippen molar-refractivity contribution < 1.29 is 4.79 Å². The van der Waals surface area contributed by atoms with Gasteiger partial charge in [-0.1, -0.05) is 42.5 Å². The largest absolute Gasteiger partial charge is 0.342 e. The fourth-order valence-corrected chi connectivity index (χ4v) is 4.29. The van der Waals surface area contributed by atoms with Crippen LogP contribution in [0.25, 0.3) is 11.0 Å². The summed E-state index contributed by atoms with van der Waals surface area (Å²) in [5.41, 5.74) is 5.28. The molecule has 0 spiro atoms. The second-order valence-corrected chi connectivity index (χ2v) is 8.62. The number of aromatic amines is 1. The summed E-state index contributed by atoms with van der Waals surface area (Å²) < 4.78 is 1.90. The number of nitrogens with zero attached hydrogens (tertiary/aromatic N) is 3. The van der Waals surface area contributed by atoms with Crippen LogP contribution in [0.15, 0.2) is 54.6 Å². The van der Waals surface area contributed by atoms with Gasteiger partial charge < -0.3 is 10.3 Å². The SMILES string of the molecule is CSCCC(NC(=O)c1c(C)nn(Cc2ccccc2)c1C)c1nc2ccccc2[nH]1. The Labute approximate surface area is 186 Å². The lowest BCUT2D eigenvalue weighted by Gasteiger charge is -2.16. The molecule has 160 valence electrons. The number of nitrogens with one attached hydrogen (secondary N) is 2. The van der Waals surface area contributed by atoms with Gasteiger partial charge in [-0.25, -0.2) is 4.98 Å². The van der Waals surface area contributed by atoms with E-state index < -0.39 is 0 Å². The predicted octanol–water partition coefficient (Wildman–Crippen LogP) is 4.65. The maximum absolute atomic E-state index is 13.3. The zero-order valence-electron chi connectivity index (χ0n) is 18.1. The first-order valence-electron chi connectivity index (χ1n) is 10.4. The lowest BCUT2D eigenvalue weighted by Crippen LogP contribution is -2.30. The van der Waals surface area contributed by atoms with Gasteiger partial charge in [0.2, 0.25) is 0 Å². The summed E-state index contributed by atoms with van der Waals surface area (Å²) in [5.74, 6) is 1.60. The monoisotopic (exact) mass is 433 g/mol. The number of aromatic nitrogens is 4. The number of amides is 1. The molecule has 0 aliphatic rings. The molecule has 0 aliphatic carbocycles. The smallest absolute Gasteiger partial charge is 0.255 e. The molecule has 0 fully saturated rings. The summed E-state index contributed by atoms with van der Waals surface area (Å²) in [6.45, 7) is 4.48. The van der Waals surface area contributed by atoms with Crippen LogP contribution in [0, 0.1) is 13.8 Å². The van der Waals surface area contributed by atoms with Crippen LogP contribution in [-0.4, -0.2) is 37.7 Å². The van der Waals surface area contributed by atoms with E-state index in [4.69, 9.17) is 4.98 Å². The maximum atomic E-state index is 13.3. The van der Waals surface area contributed by atoms with Crippen LogP contribution in [0.4, 0.5) is 0 Å². The van der Waals surface area contributed by atoms with E-state index in [1.807, 2.05) is 61.0 Å². The average molecular weight is 434 g/mol. The van der Waals surface area contributed by atoms with Crippen LogP contribution in [-0.2, 0) is 6.54 Å². The molecular formula is C24H27N5OS. The highest BCUT2D eigenvalue weighted by molar-refractivity contribution is 7.98. The van der Waals surface area contributed by atoms with Crippen LogP contribution < -0.4 is 5.32 Å². The number of carbonyl (C=O) groups excluding carboxylic acids is 1. The Hall–Kier alpha value is -3.06. The summed E-state index contributed by atoms with van der Waals surface area (Å²) in [5, 5.41) is 7.84. The van der Waals surface area contributed by atoms with E-state index in [2.05, 4.69) is 33.8 Å². The lowest BCUT2D eigenvalue weighted by molar-refractivity contribution is 0.0933. The minimum atomic E-state index is -0.191. The number of imidazole rings is 1. The molecule has 2 N–H and O–H groups in total. The summed E-state index contributed by atoms with van der Waals surface area (Å²) in [6.07, 6.45) is 2.86. The van der Waals surface area contributed by atoms with Crippen molar-refractivity contribution in [1.29, 1.82) is 0 Å². The summed E-state index contributed by atoms with van der Waals surface area (Å²) in [4.78, 5) is 21.4. The molecule has 0 saturated carbocycles. The minimum absolute atomic E-state index is 0.110. The van der Waals surface area contributed by atoms with E-state index >= 15 is 0 Å². The number of benzene rings is 2. The van der Waals surface area contributed by atoms with Gasteiger partial charge in [0.05, 0.1) is 34.9 Å². The Morgan fingerprint density at radius 2 is 1.87 bits per heavy atom. The van der Waals surface area contributed by atoms with Crippen molar-refractivity contribution in [1.82, 2.24) is 25.1 Å². The number of thioether (sulfide) groups is 1. The standard InChI is InChI=1S/C24H27N5OS/c1-16-22(17(2)29(28-16)15-18-9-5-4-6-10-18)24(30)27-21(13-14-31-3)23-25-19-11-7-8-12-20(19)26-23/h4-12,21H,13-15H2,1-3H3,(H,25,26)(H,27,30). The molecule has 0 bridgehead atoms. The maximum Gasteiger partial charge on any atom is 0.255 e. The number of H-pyrrole nitrogens is 1. The van der Waals surface area contributed by atoms with Gasteiger partial charge in [-0.3, -0.25) is 9.48 Å². The molecule has 1 amide bonds. The van der Waals surface area contributed by atoms with Crippen LogP contribution in [0.2, 0.25) is 0 Å². The zero-order chi connectivity index (χ0) is 21.8. The van der Waals surface area contributed by atoms with Crippen molar-refractivity contribution in [2.45, 2.75) is 32.9 Å². The first kappa shape index (κ1) is 21.2. The second-order valence-electron chi connectivity index (χ2n) is 7.64. The van der Waals surface area contributed by atoms with Gasteiger partial charge in [-0.15, -0.1) is 0 Å². The number of carbonyl (C=O) groups is 1.